The van der Waals surface area contributed by atoms with Gasteiger partial charge < -0.3 is 4.98 Å². The number of aromatic amines is 1. The first kappa shape index (κ1) is 4.49. The van der Waals surface area contributed by atoms with Crippen molar-refractivity contribution in [3.05, 3.63) is 24.8 Å². The highest BCUT2D eigenvalue weighted by Crippen LogP contribution is 2.06. The lowest BCUT2D eigenvalue weighted by molar-refractivity contribution is 1.05. The van der Waals surface area contributed by atoms with Gasteiger partial charge in [0.15, 0.2) is 0 Å². The van der Waals surface area contributed by atoms with Crippen LogP contribution in [0.1, 0.15) is 0 Å². The van der Waals surface area contributed by atoms with E-state index in [2.05, 4.69) is 15.2 Å². The summed E-state index contributed by atoms with van der Waals surface area (Å²) in [6, 6.07) is 0. The minimum atomic E-state index is 1.10. The van der Waals surface area contributed by atoms with E-state index in [0.29, 0.717) is 0 Å². The Morgan fingerprint density at radius 2 is 1.56 bits per heavy atom. The Kier molecular flexibility index (Phi) is 0.773. The highest BCUT2D eigenvalue weighted by molar-refractivity contribution is 5.79. The summed E-state index contributed by atoms with van der Waals surface area (Å²) < 4.78 is 0. The Hall–Kier alpha value is -1.38. The van der Waals surface area contributed by atoms with Gasteiger partial charge in [0, 0.05) is 23.2 Å². The van der Waals surface area contributed by atoms with E-state index >= 15 is 0 Å². The third-order valence-corrected chi connectivity index (χ3v) is 1.27. The first-order valence-electron chi connectivity index (χ1n) is 2.70. The first-order valence-corrected chi connectivity index (χ1v) is 2.70. The standard InChI is InChI=1S/C6H5N3/c1-5-3-8-9-4-6(5)2-7-1/h1-4,7H. The second-order valence-corrected chi connectivity index (χ2v) is 1.86. The number of hydrogen-bond donors (Lipinski definition) is 1. The van der Waals surface area contributed by atoms with E-state index in [1.165, 1.54) is 0 Å². The van der Waals surface area contributed by atoms with E-state index in [0.717, 1.165) is 10.8 Å². The third-order valence-electron chi connectivity index (χ3n) is 1.27. The van der Waals surface area contributed by atoms with Crippen molar-refractivity contribution in [3.8, 4) is 0 Å². The minimum Gasteiger partial charge on any atom is -0.366 e. The molecule has 9 heavy (non-hydrogen) atoms. The molecule has 2 aromatic heterocycles. The van der Waals surface area contributed by atoms with Crippen molar-refractivity contribution in [2.24, 2.45) is 0 Å². The van der Waals surface area contributed by atoms with E-state index in [9.17, 15) is 0 Å². The van der Waals surface area contributed by atoms with Crippen LogP contribution in [0.4, 0.5) is 0 Å². The van der Waals surface area contributed by atoms with Crippen LogP contribution in [0, 0.1) is 0 Å². The summed E-state index contributed by atoms with van der Waals surface area (Å²) >= 11 is 0. The van der Waals surface area contributed by atoms with Gasteiger partial charge in [-0.25, -0.2) is 0 Å². The van der Waals surface area contributed by atoms with Crippen molar-refractivity contribution < 1.29 is 0 Å². The maximum atomic E-state index is 3.72. The SMILES string of the molecule is c1nncc2c[nH]cc12. The van der Waals surface area contributed by atoms with Crippen LogP contribution in [0.3, 0.4) is 0 Å². The molecule has 2 heterocycles. The molecule has 0 aliphatic carbocycles. The quantitative estimate of drug-likeness (QED) is 0.561. The number of H-pyrrole nitrogens is 1. The topological polar surface area (TPSA) is 41.6 Å². The lowest BCUT2D eigenvalue weighted by atomic mass is 10.3. The van der Waals surface area contributed by atoms with Crippen molar-refractivity contribution >= 4 is 10.8 Å². The summed E-state index contributed by atoms with van der Waals surface area (Å²) in [7, 11) is 0. The number of fused-ring (bicyclic) bond motifs is 1. The molecule has 3 nitrogen and oxygen atoms in total. The van der Waals surface area contributed by atoms with Crippen LogP contribution >= 0.6 is 0 Å². The van der Waals surface area contributed by atoms with Crippen LogP contribution in [0.2, 0.25) is 0 Å². The Morgan fingerprint density at radius 1 is 1.00 bits per heavy atom. The zero-order valence-corrected chi connectivity index (χ0v) is 4.70. The highest BCUT2D eigenvalue weighted by atomic mass is 15.1. The van der Waals surface area contributed by atoms with Crippen molar-refractivity contribution in [3.63, 3.8) is 0 Å². The normalized spacial score (nSPS) is 10.2. The predicted molar refractivity (Wildman–Crippen MR) is 33.9 cm³/mol. The second-order valence-electron chi connectivity index (χ2n) is 1.86. The van der Waals surface area contributed by atoms with Gasteiger partial charge in [0.05, 0.1) is 12.4 Å². The van der Waals surface area contributed by atoms with E-state index in [-0.39, 0.29) is 0 Å². The molecular formula is C6H5N3. The zero-order valence-electron chi connectivity index (χ0n) is 4.70. The minimum absolute atomic E-state index is 1.10. The summed E-state index contributed by atoms with van der Waals surface area (Å²) in [5.41, 5.74) is 0. The molecule has 2 rings (SSSR count). The van der Waals surface area contributed by atoms with Crippen molar-refractivity contribution in [1.29, 1.82) is 0 Å². The van der Waals surface area contributed by atoms with Crippen molar-refractivity contribution in [1.82, 2.24) is 15.2 Å². The molecule has 0 amide bonds. The lowest BCUT2D eigenvalue weighted by Gasteiger charge is -1.80. The number of rotatable bonds is 0. The molecule has 44 valence electrons. The average Bonchev–Trinajstić information content (AvgIpc) is 2.33. The van der Waals surface area contributed by atoms with Gasteiger partial charge in [0.2, 0.25) is 0 Å². The molecule has 0 aromatic carbocycles. The van der Waals surface area contributed by atoms with E-state index in [1.54, 1.807) is 12.4 Å². The summed E-state index contributed by atoms with van der Waals surface area (Å²) in [4.78, 5) is 2.96. The smallest absolute Gasteiger partial charge is 0.0589 e. The Morgan fingerprint density at radius 3 is 2.11 bits per heavy atom. The predicted octanol–water partition coefficient (Wildman–Crippen LogP) is 0.958. The molecule has 0 saturated heterocycles. The molecule has 0 fully saturated rings. The summed E-state index contributed by atoms with van der Waals surface area (Å²) in [5, 5.41) is 9.63. The van der Waals surface area contributed by atoms with Crippen LogP contribution in [-0.4, -0.2) is 15.2 Å². The van der Waals surface area contributed by atoms with E-state index in [4.69, 9.17) is 0 Å². The largest absolute Gasteiger partial charge is 0.366 e. The molecule has 3 heteroatoms. The van der Waals surface area contributed by atoms with Crippen molar-refractivity contribution in [2.75, 3.05) is 0 Å². The first-order chi connectivity index (χ1) is 4.47. The van der Waals surface area contributed by atoms with Crippen LogP contribution in [0.25, 0.3) is 10.8 Å². The number of nitrogens with one attached hydrogen (secondary N) is 1. The summed E-state index contributed by atoms with van der Waals surface area (Å²) in [5.74, 6) is 0. The number of aromatic nitrogens is 3. The molecule has 0 aliphatic heterocycles. The van der Waals surface area contributed by atoms with Gasteiger partial charge in [-0.1, -0.05) is 0 Å². The molecular weight excluding hydrogens is 114 g/mol. The van der Waals surface area contributed by atoms with Gasteiger partial charge >= 0.3 is 0 Å². The van der Waals surface area contributed by atoms with E-state index < -0.39 is 0 Å². The summed E-state index contributed by atoms with van der Waals surface area (Å²) in [6.07, 6.45) is 7.24. The summed E-state index contributed by atoms with van der Waals surface area (Å²) in [6.45, 7) is 0. The maximum Gasteiger partial charge on any atom is 0.0589 e. The molecule has 0 unspecified atom stereocenters. The van der Waals surface area contributed by atoms with Gasteiger partial charge in [-0.3, -0.25) is 0 Å². The maximum absolute atomic E-state index is 3.72. The Labute approximate surface area is 51.7 Å². The van der Waals surface area contributed by atoms with Gasteiger partial charge in [0.1, 0.15) is 0 Å². The molecule has 0 spiro atoms. The van der Waals surface area contributed by atoms with Gasteiger partial charge in [0.25, 0.3) is 0 Å². The fraction of sp³-hybridized carbons (Fsp3) is 0. The highest BCUT2D eigenvalue weighted by Gasteiger charge is 1.89. The monoisotopic (exact) mass is 119 g/mol. The number of nitrogens with zero attached hydrogens (tertiary/aromatic N) is 2. The molecule has 0 saturated carbocycles. The Bertz CT molecular complexity index is 282. The van der Waals surface area contributed by atoms with Crippen LogP contribution in [0.15, 0.2) is 24.8 Å². The molecule has 2 aromatic rings. The Balaban J connectivity index is 2.95. The van der Waals surface area contributed by atoms with Crippen LogP contribution in [-0.2, 0) is 0 Å². The van der Waals surface area contributed by atoms with Gasteiger partial charge in [-0.2, -0.15) is 10.2 Å². The fourth-order valence-corrected chi connectivity index (χ4v) is 0.803. The van der Waals surface area contributed by atoms with Crippen LogP contribution in [0.5, 0.6) is 0 Å². The fourth-order valence-electron chi connectivity index (χ4n) is 0.803. The van der Waals surface area contributed by atoms with E-state index in [1.807, 2.05) is 12.4 Å². The number of hydrogen-bond acceptors (Lipinski definition) is 2. The molecule has 1 N–H and O–H groups in total. The molecule has 0 atom stereocenters. The van der Waals surface area contributed by atoms with Crippen molar-refractivity contribution in [2.45, 2.75) is 0 Å². The van der Waals surface area contributed by atoms with Gasteiger partial charge in [-0.15, -0.1) is 0 Å². The zero-order chi connectivity index (χ0) is 6.10. The van der Waals surface area contributed by atoms with Crippen LogP contribution < -0.4 is 0 Å². The lowest BCUT2D eigenvalue weighted by Crippen LogP contribution is -1.73. The molecule has 0 bridgehead atoms. The average molecular weight is 119 g/mol. The third kappa shape index (κ3) is 0.579. The second kappa shape index (κ2) is 1.55. The van der Waals surface area contributed by atoms with Gasteiger partial charge in [-0.05, 0) is 0 Å². The molecule has 0 radical (unpaired) electrons. The molecule has 0 aliphatic rings.